The van der Waals surface area contributed by atoms with Crippen LogP contribution in [0.4, 0.5) is 0 Å². The smallest absolute Gasteiger partial charge is 0.113 e. The van der Waals surface area contributed by atoms with Crippen LogP contribution in [0.3, 0.4) is 0 Å². The van der Waals surface area contributed by atoms with Crippen molar-refractivity contribution in [1.29, 1.82) is 0 Å². The molecule has 1 aliphatic carbocycles. The predicted octanol–water partition coefficient (Wildman–Crippen LogP) is 9.74. The Kier molecular flexibility index (Phi) is 13.4. The Bertz CT molecular complexity index is 376. The van der Waals surface area contributed by atoms with Crippen LogP contribution in [0, 0.1) is 5.92 Å². The summed E-state index contributed by atoms with van der Waals surface area (Å²) in [6.45, 7) is 2.28. The quantitative estimate of drug-likeness (QED) is 0.169. The van der Waals surface area contributed by atoms with Gasteiger partial charge in [-0.1, -0.05) is 132 Å². The first-order chi connectivity index (χ1) is 12.0. The Labute approximate surface area is 176 Å². The van der Waals surface area contributed by atoms with Crippen LogP contribution < -0.4 is 0 Å². The topological polar surface area (TPSA) is 0 Å². The molecule has 0 aromatic carbocycles. The Morgan fingerprint density at radius 2 is 1.12 bits per heavy atom. The van der Waals surface area contributed by atoms with E-state index >= 15 is 0 Å². The first-order valence-electron chi connectivity index (χ1n) is 10.4. The summed E-state index contributed by atoms with van der Waals surface area (Å²) < 4.78 is 0.125. The van der Waals surface area contributed by atoms with Gasteiger partial charge >= 0.3 is 0 Å². The molecule has 0 N–H and O–H groups in total. The number of hydrogen-bond donors (Lipinski definition) is 0. The lowest BCUT2D eigenvalue weighted by Gasteiger charge is -2.08. The summed E-state index contributed by atoms with van der Waals surface area (Å²) >= 11 is 24.0. The van der Waals surface area contributed by atoms with Crippen LogP contribution in [0.2, 0.25) is 0 Å². The number of allylic oxidation sites excluding steroid dienone is 1. The lowest BCUT2D eigenvalue weighted by atomic mass is 10.0. The molecule has 0 bridgehead atoms. The molecular weight excluding hydrogens is 394 g/mol. The number of halogens is 4. The molecule has 1 aliphatic rings. The minimum atomic E-state index is -0.461. The highest BCUT2D eigenvalue weighted by molar-refractivity contribution is 6.60. The standard InChI is InChI=1S/C21H36Cl4/c1-2-3-4-5-6-7-8-9-10-11-12-13-14-15-16-18-17-21(18,25)19(22)20(23)24/h18H,2-17H2,1H3. The molecule has 0 nitrogen and oxygen atoms in total. The summed E-state index contributed by atoms with van der Waals surface area (Å²) in [5, 5.41) is 0.438. The molecule has 4 heteroatoms. The van der Waals surface area contributed by atoms with Gasteiger partial charge in [-0.15, -0.1) is 11.6 Å². The van der Waals surface area contributed by atoms with Gasteiger partial charge in [-0.3, -0.25) is 0 Å². The fourth-order valence-electron chi connectivity index (χ4n) is 3.64. The lowest BCUT2D eigenvalue weighted by Crippen LogP contribution is -2.03. The molecule has 2 unspecified atom stereocenters. The van der Waals surface area contributed by atoms with Gasteiger partial charge < -0.3 is 0 Å². The monoisotopic (exact) mass is 428 g/mol. The molecular formula is C21H36Cl4. The second kappa shape index (κ2) is 14.0. The maximum atomic E-state index is 6.46. The predicted molar refractivity (Wildman–Crippen MR) is 116 cm³/mol. The molecule has 0 saturated heterocycles. The molecule has 1 rings (SSSR count). The average Bonchev–Trinajstić information content (AvgIpc) is 3.25. The molecule has 0 aromatic heterocycles. The average molecular weight is 430 g/mol. The molecule has 0 radical (unpaired) electrons. The van der Waals surface area contributed by atoms with Gasteiger partial charge in [0, 0.05) is 0 Å². The van der Waals surface area contributed by atoms with Gasteiger partial charge in [-0.25, -0.2) is 0 Å². The maximum absolute atomic E-state index is 6.46. The maximum Gasteiger partial charge on any atom is 0.123 e. The van der Waals surface area contributed by atoms with Gasteiger partial charge in [0.05, 0.1) is 9.91 Å². The van der Waals surface area contributed by atoms with Crippen LogP contribution in [0.1, 0.15) is 110 Å². The number of unbranched alkanes of at least 4 members (excludes halogenated alkanes) is 13. The van der Waals surface area contributed by atoms with Gasteiger partial charge in [0.2, 0.25) is 0 Å². The summed E-state index contributed by atoms with van der Waals surface area (Å²) in [5.41, 5.74) is 0. The summed E-state index contributed by atoms with van der Waals surface area (Å²) in [6.07, 6.45) is 21.5. The molecule has 1 saturated carbocycles. The third-order valence-electron chi connectivity index (χ3n) is 5.47. The van der Waals surface area contributed by atoms with Gasteiger partial charge in [0.15, 0.2) is 0 Å². The Balaban J connectivity index is 1.82. The zero-order chi connectivity index (χ0) is 18.5. The highest BCUT2D eigenvalue weighted by Crippen LogP contribution is 2.59. The van der Waals surface area contributed by atoms with Crippen LogP contribution in [0.25, 0.3) is 0 Å². The van der Waals surface area contributed by atoms with Crippen molar-refractivity contribution < 1.29 is 0 Å². The van der Waals surface area contributed by atoms with Crippen molar-refractivity contribution in [3.05, 3.63) is 9.52 Å². The van der Waals surface area contributed by atoms with E-state index in [1.165, 1.54) is 89.9 Å². The van der Waals surface area contributed by atoms with Gasteiger partial charge in [0.25, 0.3) is 0 Å². The number of hydrogen-bond acceptors (Lipinski definition) is 0. The van der Waals surface area contributed by atoms with Gasteiger partial charge in [0.1, 0.15) is 4.49 Å². The van der Waals surface area contributed by atoms with Crippen LogP contribution in [0.15, 0.2) is 9.52 Å². The number of alkyl halides is 1. The molecule has 0 spiro atoms. The second-order valence-corrected chi connectivity index (χ2v) is 9.72. The van der Waals surface area contributed by atoms with Gasteiger partial charge in [-0.2, -0.15) is 0 Å². The largest absolute Gasteiger partial charge is 0.123 e. The van der Waals surface area contributed by atoms with Crippen molar-refractivity contribution in [3.8, 4) is 0 Å². The Morgan fingerprint density at radius 1 is 0.720 bits per heavy atom. The summed E-state index contributed by atoms with van der Waals surface area (Å²) in [5.74, 6) is 0.450. The Morgan fingerprint density at radius 3 is 1.52 bits per heavy atom. The van der Waals surface area contributed by atoms with Crippen molar-refractivity contribution in [2.75, 3.05) is 0 Å². The second-order valence-electron chi connectivity index (χ2n) is 7.72. The van der Waals surface area contributed by atoms with Crippen molar-refractivity contribution in [1.82, 2.24) is 0 Å². The molecule has 25 heavy (non-hydrogen) atoms. The molecule has 0 aromatic rings. The van der Waals surface area contributed by atoms with E-state index in [1.54, 1.807) is 0 Å². The Hall–Kier alpha value is 0.900. The first kappa shape index (κ1) is 23.9. The molecule has 0 aliphatic heterocycles. The zero-order valence-corrected chi connectivity index (χ0v) is 18.9. The van der Waals surface area contributed by atoms with E-state index in [1.807, 2.05) is 0 Å². The van der Waals surface area contributed by atoms with E-state index < -0.39 is 4.87 Å². The molecule has 0 heterocycles. The van der Waals surface area contributed by atoms with E-state index in [0.29, 0.717) is 11.0 Å². The van der Waals surface area contributed by atoms with Crippen LogP contribution in [0.5, 0.6) is 0 Å². The fraction of sp³-hybridized carbons (Fsp3) is 0.905. The van der Waals surface area contributed by atoms with Gasteiger partial charge in [-0.05, 0) is 18.8 Å². The van der Waals surface area contributed by atoms with E-state index in [2.05, 4.69) is 6.92 Å². The minimum absolute atomic E-state index is 0.125. The van der Waals surface area contributed by atoms with Crippen molar-refractivity contribution >= 4 is 46.4 Å². The van der Waals surface area contributed by atoms with E-state index in [4.69, 9.17) is 46.4 Å². The SMILES string of the molecule is CCCCCCCCCCCCCCCCC1CC1(Cl)C(Cl)=C(Cl)Cl. The minimum Gasteiger partial charge on any atom is -0.113 e. The first-order valence-corrected chi connectivity index (χ1v) is 11.9. The molecule has 0 amide bonds. The molecule has 148 valence electrons. The van der Waals surface area contributed by atoms with Crippen LogP contribution >= 0.6 is 46.4 Å². The normalized spacial score (nSPS) is 22.2. The third-order valence-corrected chi connectivity index (χ3v) is 7.31. The van der Waals surface area contributed by atoms with Crippen LogP contribution in [-0.2, 0) is 0 Å². The highest BCUT2D eigenvalue weighted by Gasteiger charge is 2.55. The lowest BCUT2D eigenvalue weighted by molar-refractivity contribution is 0.526. The molecule has 1 fully saturated rings. The zero-order valence-electron chi connectivity index (χ0n) is 15.9. The summed E-state index contributed by atoms with van der Waals surface area (Å²) in [4.78, 5) is -0.461. The van der Waals surface area contributed by atoms with E-state index in [9.17, 15) is 0 Å². The van der Waals surface area contributed by atoms with Crippen molar-refractivity contribution in [2.45, 2.75) is 115 Å². The third kappa shape index (κ3) is 10.1. The van der Waals surface area contributed by atoms with E-state index in [-0.39, 0.29) is 4.49 Å². The highest BCUT2D eigenvalue weighted by atomic mass is 35.5. The summed E-state index contributed by atoms with van der Waals surface area (Å²) in [6, 6.07) is 0. The van der Waals surface area contributed by atoms with Crippen LogP contribution in [-0.4, -0.2) is 4.87 Å². The fourth-order valence-corrected chi connectivity index (χ4v) is 4.70. The van der Waals surface area contributed by atoms with Crippen molar-refractivity contribution in [3.63, 3.8) is 0 Å². The molecule has 2 atom stereocenters. The number of rotatable bonds is 16. The van der Waals surface area contributed by atoms with Crippen molar-refractivity contribution in [2.24, 2.45) is 5.92 Å². The summed E-state index contributed by atoms with van der Waals surface area (Å²) in [7, 11) is 0. The van der Waals surface area contributed by atoms with E-state index in [0.717, 1.165) is 12.8 Å².